The number of carboxylic acids is 1. The van der Waals surface area contributed by atoms with Gasteiger partial charge in [-0.25, -0.2) is 9.59 Å². The predicted molar refractivity (Wildman–Crippen MR) is 90.1 cm³/mol. The van der Waals surface area contributed by atoms with Crippen LogP contribution in [0.3, 0.4) is 0 Å². The number of aliphatic carboxylic acids is 1. The molecule has 0 radical (unpaired) electrons. The molecule has 0 unspecified atom stereocenters. The van der Waals surface area contributed by atoms with E-state index in [4.69, 9.17) is 19.3 Å². The summed E-state index contributed by atoms with van der Waals surface area (Å²) >= 11 is 0. The van der Waals surface area contributed by atoms with Crippen LogP contribution in [0.4, 0.5) is 10.5 Å². The van der Waals surface area contributed by atoms with E-state index in [1.807, 2.05) is 6.92 Å². The van der Waals surface area contributed by atoms with Gasteiger partial charge in [-0.3, -0.25) is 5.32 Å². The summed E-state index contributed by atoms with van der Waals surface area (Å²) in [5, 5.41) is 11.4. The maximum atomic E-state index is 11.8. The molecule has 0 aliphatic carbocycles. The number of benzene rings is 1. The van der Waals surface area contributed by atoms with E-state index in [0.29, 0.717) is 23.6 Å². The monoisotopic (exact) mass is 337 g/mol. The van der Waals surface area contributed by atoms with Crippen molar-refractivity contribution < 1.29 is 28.9 Å². The molecule has 0 aliphatic heterocycles. The number of rotatable bonds is 7. The van der Waals surface area contributed by atoms with Crippen molar-refractivity contribution in [2.45, 2.75) is 33.3 Å². The zero-order chi connectivity index (χ0) is 18.2. The first-order chi connectivity index (χ1) is 11.2. The summed E-state index contributed by atoms with van der Waals surface area (Å²) in [6.07, 6.45) is 1.77. The average molecular weight is 337 g/mol. The molecule has 0 atom stereocenters. The van der Waals surface area contributed by atoms with Gasteiger partial charge >= 0.3 is 12.1 Å². The molecule has 0 saturated heterocycles. The topological polar surface area (TPSA) is 94.1 Å². The van der Waals surface area contributed by atoms with Gasteiger partial charge in [0.25, 0.3) is 0 Å². The standard InChI is InChI=1S/C17H23NO6/c1-5-22-11-23-14-8-7-13(10-12(14)6-9-15(19)20)18-16(21)24-17(2,3)4/h6-10H,5,11H2,1-4H3,(H,18,21)(H,19,20). The van der Waals surface area contributed by atoms with Crippen LogP contribution >= 0.6 is 0 Å². The van der Waals surface area contributed by atoms with Crippen molar-refractivity contribution in [3.8, 4) is 5.75 Å². The minimum Gasteiger partial charge on any atom is -0.478 e. The summed E-state index contributed by atoms with van der Waals surface area (Å²) in [5.74, 6) is -0.646. The van der Waals surface area contributed by atoms with E-state index in [-0.39, 0.29) is 6.79 Å². The molecule has 0 aliphatic rings. The molecule has 2 N–H and O–H groups in total. The number of hydrogen-bond donors (Lipinski definition) is 2. The highest BCUT2D eigenvalue weighted by atomic mass is 16.7. The van der Waals surface area contributed by atoms with E-state index < -0.39 is 17.7 Å². The Labute approximate surface area is 141 Å². The molecule has 132 valence electrons. The van der Waals surface area contributed by atoms with Crippen molar-refractivity contribution in [2.75, 3.05) is 18.7 Å². The summed E-state index contributed by atoms with van der Waals surface area (Å²) in [6, 6.07) is 4.83. The number of nitrogens with one attached hydrogen (secondary N) is 1. The van der Waals surface area contributed by atoms with E-state index >= 15 is 0 Å². The minimum atomic E-state index is -1.09. The van der Waals surface area contributed by atoms with Crippen LogP contribution in [0.25, 0.3) is 6.08 Å². The van der Waals surface area contributed by atoms with Crippen LogP contribution in [-0.2, 0) is 14.3 Å². The van der Waals surface area contributed by atoms with Crippen molar-refractivity contribution >= 4 is 23.8 Å². The fraction of sp³-hybridized carbons (Fsp3) is 0.412. The molecular formula is C17H23NO6. The lowest BCUT2D eigenvalue weighted by molar-refractivity contribution is -0.131. The maximum absolute atomic E-state index is 11.8. The fourth-order valence-corrected chi connectivity index (χ4v) is 1.66. The zero-order valence-electron chi connectivity index (χ0n) is 14.3. The van der Waals surface area contributed by atoms with Crippen LogP contribution in [0.2, 0.25) is 0 Å². The van der Waals surface area contributed by atoms with E-state index in [9.17, 15) is 9.59 Å². The molecule has 0 aromatic heterocycles. The van der Waals surface area contributed by atoms with Gasteiger partial charge in [0.05, 0.1) is 0 Å². The van der Waals surface area contributed by atoms with Crippen LogP contribution in [-0.4, -0.2) is 36.2 Å². The summed E-state index contributed by atoms with van der Waals surface area (Å²) in [4.78, 5) is 22.5. The average Bonchev–Trinajstić information content (AvgIpc) is 2.45. The first-order valence-corrected chi connectivity index (χ1v) is 7.47. The normalized spacial score (nSPS) is 11.3. The molecular weight excluding hydrogens is 314 g/mol. The minimum absolute atomic E-state index is 0.0449. The van der Waals surface area contributed by atoms with Gasteiger partial charge in [-0.05, 0) is 52.0 Å². The van der Waals surface area contributed by atoms with Crippen molar-refractivity contribution in [2.24, 2.45) is 0 Å². The zero-order valence-corrected chi connectivity index (χ0v) is 14.3. The van der Waals surface area contributed by atoms with Crippen LogP contribution in [0.5, 0.6) is 5.75 Å². The summed E-state index contributed by atoms with van der Waals surface area (Å²) < 4.78 is 15.7. The predicted octanol–water partition coefficient (Wildman–Crippen LogP) is 3.50. The van der Waals surface area contributed by atoms with Gasteiger partial charge in [0.2, 0.25) is 0 Å². The number of anilines is 1. The van der Waals surface area contributed by atoms with Gasteiger partial charge in [-0.1, -0.05) is 0 Å². The molecule has 1 rings (SSSR count). The third kappa shape index (κ3) is 7.64. The first kappa shape index (κ1) is 19.5. The highest BCUT2D eigenvalue weighted by Crippen LogP contribution is 2.25. The molecule has 1 aromatic carbocycles. The fourth-order valence-electron chi connectivity index (χ4n) is 1.66. The Morgan fingerprint density at radius 2 is 2.00 bits per heavy atom. The van der Waals surface area contributed by atoms with Crippen LogP contribution in [0, 0.1) is 0 Å². The van der Waals surface area contributed by atoms with Crippen LogP contribution in [0.1, 0.15) is 33.3 Å². The van der Waals surface area contributed by atoms with E-state index in [2.05, 4.69) is 5.32 Å². The third-order valence-electron chi connectivity index (χ3n) is 2.56. The Morgan fingerprint density at radius 1 is 1.29 bits per heavy atom. The lowest BCUT2D eigenvalue weighted by Gasteiger charge is -2.20. The largest absolute Gasteiger partial charge is 0.478 e. The SMILES string of the molecule is CCOCOc1ccc(NC(=O)OC(C)(C)C)cc1C=CC(=O)O. The summed E-state index contributed by atoms with van der Waals surface area (Å²) in [6.45, 7) is 7.67. The molecule has 0 saturated carbocycles. The molecule has 0 bridgehead atoms. The Bertz CT molecular complexity index is 604. The molecule has 7 nitrogen and oxygen atoms in total. The van der Waals surface area contributed by atoms with Gasteiger partial charge in [0, 0.05) is 23.9 Å². The number of amides is 1. The maximum Gasteiger partial charge on any atom is 0.412 e. The highest BCUT2D eigenvalue weighted by Gasteiger charge is 2.16. The van der Waals surface area contributed by atoms with Crippen molar-refractivity contribution in [1.82, 2.24) is 0 Å². The van der Waals surface area contributed by atoms with E-state index in [1.165, 1.54) is 6.08 Å². The number of carbonyl (C=O) groups excluding carboxylic acids is 1. The van der Waals surface area contributed by atoms with Gasteiger partial charge in [0.15, 0.2) is 6.79 Å². The summed E-state index contributed by atoms with van der Waals surface area (Å²) in [5.41, 5.74) is 0.333. The molecule has 1 amide bonds. The molecule has 1 aromatic rings. The smallest absolute Gasteiger partial charge is 0.412 e. The Hall–Kier alpha value is -2.54. The second-order valence-electron chi connectivity index (χ2n) is 5.81. The van der Waals surface area contributed by atoms with Crippen LogP contribution < -0.4 is 10.1 Å². The molecule has 0 heterocycles. The Morgan fingerprint density at radius 3 is 2.58 bits per heavy atom. The van der Waals surface area contributed by atoms with Gasteiger partial charge in [-0.2, -0.15) is 0 Å². The van der Waals surface area contributed by atoms with Crippen molar-refractivity contribution in [3.63, 3.8) is 0 Å². The van der Waals surface area contributed by atoms with Crippen molar-refractivity contribution in [1.29, 1.82) is 0 Å². The lowest BCUT2D eigenvalue weighted by atomic mass is 10.1. The summed E-state index contributed by atoms with van der Waals surface area (Å²) in [7, 11) is 0. The van der Waals surface area contributed by atoms with Gasteiger partial charge in [0.1, 0.15) is 11.4 Å². The molecule has 24 heavy (non-hydrogen) atoms. The van der Waals surface area contributed by atoms with E-state index in [1.54, 1.807) is 39.0 Å². The first-order valence-electron chi connectivity index (χ1n) is 7.47. The Balaban J connectivity index is 2.93. The van der Waals surface area contributed by atoms with E-state index in [0.717, 1.165) is 6.08 Å². The number of carbonyl (C=O) groups is 2. The second kappa shape index (κ2) is 8.93. The van der Waals surface area contributed by atoms with Crippen molar-refractivity contribution in [3.05, 3.63) is 29.8 Å². The van der Waals surface area contributed by atoms with Gasteiger partial charge < -0.3 is 19.3 Å². The Kier molecular flexibility index (Phi) is 7.26. The van der Waals surface area contributed by atoms with Gasteiger partial charge in [-0.15, -0.1) is 0 Å². The number of ether oxygens (including phenoxy) is 3. The second-order valence-corrected chi connectivity index (χ2v) is 5.81. The third-order valence-corrected chi connectivity index (χ3v) is 2.56. The molecule has 7 heteroatoms. The number of carboxylic acid groups (broad SMARTS) is 1. The highest BCUT2D eigenvalue weighted by molar-refractivity contribution is 5.88. The molecule has 0 fully saturated rings. The lowest BCUT2D eigenvalue weighted by Crippen LogP contribution is -2.27. The van der Waals surface area contributed by atoms with Crippen LogP contribution in [0.15, 0.2) is 24.3 Å². The quantitative estimate of drug-likeness (QED) is 0.449. The molecule has 0 spiro atoms. The number of hydrogen-bond acceptors (Lipinski definition) is 5.